The van der Waals surface area contributed by atoms with Gasteiger partial charge in [-0.25, -0.2) is 8.42 Å². The van der Waals surface area contributed by atoms with Crippen LogP contribution < -0.4 is 0 Å². The molecule has 2 rings (SSSR count). The van der Waals surface area contributed by atoms with Gasteiger partial charge in [0.1, 0.15) is 0 Å². The van der Waals surface area contributed by atoms with E-state index >= 15 is 0 Å². The van der Waals surface area contributed by atoms with E-state index in [0.717, 1.165) is 13.1 Å². The number of rotatable bonds is 0. The second-order valence-corrected chi connectivity index (χ2v) is 7.62. The molecule has 0 atom stereocenters. The standard InChI is InChI=1S/C9H17NO2S/c1-8(2,3)10-4-9(5-10)6-13(11,12)7-9/h4-7H2,1-3H3. The number of hydrogen-bond acceptors (Lipinski definition) is 3. The van der Waals surface area contributed by atoms with Crippen molar-refractivity contribution in [1.82, 2.24) is 4.90 Å². The van der Waals surface area contributed by atoms with Crippen molar-refractivity contribution in [1.29, 1.82) is 0 Å². The maximum atomic E-state index is 11.0. The summed E-state index contributed by atoms with van der Waals surface area (Å²) in [5.74, 6) is 0.846. The van der Waals surface area contributed by atoms with Crippen LogP contribution in [0.25, 0.3) is 0 Å². The third-order valence-electron chi connectivity index (χ3n) is 3.05. The van der Waals surface area contributed by atoms with Gasteiger partial charge in [-0.1, -0.05) is 0 Å². The molecule has 0 radical (unpaired) electrons. The highest BCUT2D eigenvalue weighted by atomic mass is 32.2. The molecule has 0 aromatic carbocycles. The molecule has 0 bridgehead atoms. The van der Waals surface area contributed by atoms with Crippen LogP contribution in [0, 0.1) is 5.41 Å². The Morgan fingerprint density at radius 2 is 1.62 bits per heavy atom. The highest BCUT2D eigenvalue weighted by Crippen LogP contribution is 2.44. The minimum atomic E-state index is -2.65. The Bertz CT molecular complexity index is 306. The van der Waals surface area contributed by atoms with Crippen LogP contribution >= 0.6 is 0 Å². The van der Waals surface area contributed by atoms with E-state index in [1.54, 1.807) is 0 Å². The van der Waals surface area contributed by atoms with E-state index in [1.807, 2.05) is 0 Å². The lowest BCUT2D eigenvalue weighted by atomic mass is 9.79. The second-order valence-electron chi connectivity index (χ2n) is 5.56. The molecule has 13 heavy (non-hydrogen) atoms. The molecule has 0 amide bonds. The Morgan fingerprint density at radius 3 is 1.92 bits per heavy atom. The number of hydrogen-bond donors (Lipinski definition) is 0. The molecule has 0 unspecified atom stereocenters. The van der Waals surface area contributed by atoms with E-state index < -0.39 is 9.84 Å². The fourth-order valence-corrected chi connectivity index (χ4v) is 4.46. The summed E-state index contributed by atoms with van der Waals surface area (Å²) in [6, 6.07) is 0. The van der Waals surface area contributed by atoms with Crippen LogP contribution in [0.1, 0.15) is 20.8 Å². The zero-order chi connectivity index (χ0) is 9.91. The summed E-state index contributed by atoms with van der Waals surface area (Å²) >= 11 is 0. The fourth-order valence-electron chi connectivity index (χ4n) is 2.31. The molecule has 2 aliphatic heterocycles. The number of likely N-dealkylation sites (tertiary alicyclic amines) is 1. The molecule has 4 heteroatoms. The highest BCUT2D eigenvalue weighted by molar-refractivity contribution is 7.92. The molecule has 0 aliphatic carbocycles. The van der Waals surface area contributed by atoms with Gasteiger partial charge in [0.25, 0.3) is 0 Å². The molecule has 3 nitrogen and oxygen atoms in total. The van der Waals surface area contributed by atoms with E-state index in [4.69, 9.17) is 0 Å². The molecule has 2 saturated heterocycles. The molecule has 0 N–H and O–H groups in total. The molecule has 0 aromatic rings. The van der Waals surface area contributed by atoms with Crippen molar-refractivity contribution in [3.05, 3.63) is 0 Å². The Hall–Kier alpha value is -0.0900. The summed E-state index contributed by atoms with van der Waals surface area (Å²) in [7, 11) is -2.65. The summed E-state index contributed by atoms with van der Waals surface area (Å²) in [5.41, 5.74) is 0.344. The molecule has 1 spiro atoms. The predicted molar refractivity (Wildman–Crippen MR) is 52.4 cm³/mol. The van der Waals surface area contributed by atoms with Gasteiger partial charge in [-0.2, -0.15) is 0 Å². The lowest BCUT2D eigenvalue weighted by Crippen LogP contribution is -2.71. The lowest BCUT2D eigenvalue weighted by molar-refractivity contribution is -0.0408. The summed E-state index contributed by atoms with van der Waals surface area (Å²) in [4.78, 5) is 2.35. The quantitative estimate of drug-likeness (QED) is 0.576. The molecule has 2 aliphatic rings. The monoisotopic (exact) mass is 203 g/mol. The van der Waals surface area contributed by atoms with Gasteiger partial charge in [-0.3, -0.25) is 4.90 Å². The molecular weight excluding hydrogens is 186 g/mol. The van der Waals surface area contributed by atoms with Crippen LogP contribution in [0.3, 0.4) is 0 Å². The van der Waals surface area contributed by atoms with Crippen LogP contribution in [0.2, 0.25) is 0 Å². The first-order chi connectivity index (χ1) is 5.73. The summed E-state index contributed by atoms with van der Waals surface area (Å²) in [6.07, 6.45) is 0. The molecular formula is C9H17NO2S. The fraction of sp³-hybridized carbons (Fsp3) is 1.00. The third-order valence-corrected chi connectivity index (χ3v) is 5.16. The normalized spacial score (nSPS) is 31.0. The SMILES string of the molecule is CC(C)(C)N1CC2(C1)CS(=O)(=O)C2. The zero-order valence-electron chi connectivity index (χ0n) is 8.50. The van der Waals surface area contributed by atoms with Crippen molar-refractivity contribution in [3.63, 3.8) is 0 Å². The molecule has 0 saturated carbocycles. The summed E-state index contributed by atoms with van der Waals surface area (Å²) in [6.45, 7) is 8.46. The first-order valence-electron chi connectivity index (χ1n) is 4.68. The van der Waals surface area contributed by atoms with E-state index in [9.17, 15) is 8.42 Å². The maximum absolute atomic E-state index is 11.0. The van der Waals surface area contributed by atoms with Crippen LogP contribution in [-0.2, 0) is 9.84 Å². The van der Waals surface area contributed by atoms with Crippen molar-refractivity contribution < 1.29 is 8.42 Å². The van der Waals surface area contributed by atoms with E-state index in [0.29, 0.717) is 11.5 Å². The predicted octanol–water partition coefficient (Wildman–Crippen LogP) is 0.515. The van der Waals surface area contributed by atoms with Crippen molar-refractivity contribution >= 4 is 9.84 Å². The molecule has 0 aromatic heterocycles. The van der Waals surface area contributed by atoms with Crippen LogP contribution in [-0.4, -0.2) is 43.5 Å². The number of nitrogens with zero attached hydrogens (tertiary/aromatic N) is 1. The third kappa shape index (κ3) is 1.50. The van der Waals surface area contributed by atoms with Gasteiger partial charge in [0.2, 0.25) is 0 Å². The summed E-state index contributed by atoms with van der Waals surface area (Å²) < 4.78 is 22.1. The van der Waals surface area contributed by atoms with Gasteiger partial charge in [-0.05, 0) is 20.8 Å². The van der Waals surface area contributed by atoms with Gasteiger partial charge in [-0.15, -0.1) is 0 Å². The zero-order valence-corrected chi connectivity index (χ0v) is 9.32. The van der Waals surface area contributed by atoms with Crippen LogP contribution in [0.15, 0.2) is 0 Å². The van der Waals surface area contributed by atoms with Gasteiger partial charge >= 0.3 is 0 Å². The summed E-state index contributed by atoms with van der Waals surface area (Å²) in [5, 5.41) is 0. The van der Waals surface area contributed by atoms with Gasteiger partial charge in [0.05, 0.1) is 11.5 Å². The Balaban J connectivity index is 1.94. The maximum Gasteiger partial charge on any atom is 0.151 e. The van der Waals surface area contributed by atoms with E-state index in [1.165, 1.54) is 0 Å². The average Bonchev–Trinajstić information content (AvgIpc) is 1.72. The van der Waals surface area contributed by atoms with Crippen molar-refractivity contribution in [2.24, 2.45) is 5.41 Å². The smallest absolute Gasteiger partial charge is 0.151 e. The minimum absolute atomic E-state index is 0.145. The van der Waals surface area contributed by atoms with E-state index in [-0.39, 0.29) is 11.0 Å². The molecule has 2 heterocycles. The van der Waals surface area contributed by atoms with Gasteiger partial charge in [0.15, 0.2) is 9.84 Å². The Morgan fingerprint density at radius 1 is 1.15 bits per heavy atom. The van der Waals surface area contributed by atoms with Gasteiger partial charge in [0, 0.05) is 24.0 Å². The van der Waals surface area contributed by atoms with Crippen molar-refractivity contribution in [2.45, 2.75) is 26.3 Å². The van der Waals surface area contributed by atoms with Crippen LogP contribution in [0.4, 0.5) is 0 Å². The largest absolute Gasteiger partial charge is 0.297 e. The van der Waals surface area contributed by atoms with Crippen LogP contribution in [0.5, 0.6) is 0 Å². The lowest BCUT2D eigenvalue weighted by Gasteiger charge is -2.59. The van der Waals surface area contributed by atoms with E-state index in [2.05, 4.69) is 25.7 Å². The topological polar surface area (TPSA) is 37.4 Å². The molecule has 76 valence electrons. The van der Waals surface area contributed by atoms with Gasteiger partial charge < -0.3 is 0 Å². The van der Waals surface area contributed by atoms with Crippen molar-refractivity contribution in [3.8, 4) is 0 Å². The first-order valence-corrected chi connectivity index (χ1v) is 6.50. The Kier molecular flexibility index (Phi) is 1.66. The minimum Gasteiger partial charge on any atom is -0.297 e. The Labute approximate surface area is 80.0 Å². The highest BCUT2D eigenvalue weighted by Gasteiger charge is 2.57. The molecule has 2 fully saturated rings. The average molecular weight is 203 g/mol. The first kappa shape index (κ1) is 9.46. The van der Waals surface area contributed by atoms with Crippen molar-refractivity contribution in [2.75, 3.05) is 24.6 Å². The number of sulfone groups is 1. The second kappa shape index (κ2) is 2.28.